The van der Waals surface area contributed by atoms with Crippen LogP contribution in [0.2, 0.25) is 5.15 Å². The molecule has 0 aliphatic heterocycles. The van der Waals surface area contributed by atoms with Crippen LogP contribution in [0, 0.1) is 6.92 Å². The summed E-state index contributed by atoms with van der Waals surface area (Å²) in [6.45, 7) is 2.27. The molecule has 1 aromatic heterocycles. The summed E-state index contributed by atoms with van der Waals surface area (Å²) < 4.78 is 41.5. The van der Waals surface area contributed by atoms with Crippen molar-refractivity contribution in [2.45, 2.75) is 19.8 Å². The van der Waals surface area contributed by atoms with Crippen LogP contribution >= 0.6 is 11.6 Å². The second-order valence-corrected chi connectivity index (χ2v) is 4.76. The maximum atomic E-state index is 12.0. The minimum atomic E-state index is -4.69. The third kappa shape index (κ3) is 4.04. The molecule has 0 spiro atoms. The molecule has 1 aromatic carbocycles. The summed E-state index contributed by atoms with van der Waals surface area (Å²) in [6.07, 6.45) is -4.69. The topological polar surface area (TPSA) is 39.1 Å². The maximum Gasteiger partial charge on any atom is 0.573 e. The van der Waals surface area contributed by atoms with Gasteiger partial charge in [0.1, 0.15) is 10.9 Å². The van der Waals surface area contributed by atoms with E-state index in [9.17, 15) is 13.2 Å². The van der Waals surface area contributed by atoms with Gasteiger partial charge in [0.15, 0.2) is 0 Å². The monoisotopic (exact) mass is 319 g/mol. The van der Waals surface area contributed by atoms with Crippen molar-refractivity contribution in [2.75, 3.05) is 5.32 Å². The van der Waals surface area contributed by atoms with Crippen LogP contribution in [-0.4, -0.2) is 16.1 Å². The number of rotatable bonds is 4. The molecule has 0 amide bonds. The molecule has 0 radical (unpaired) electrons. The molecular weight excluding hydrogens is 307 g/mol. The van der Waals surface area contributed by atoms with Crippen LogP contribution < -0.4 is 10.1 Å². The van der Waals surface area contributed by atoms with E-state index in [0.29, 0.717) is 17.4 Å². The highest BCUT2D eigenvalue weighted by molar-refractivity contribution is 6.30. The number of hydrogen-bond acceptors (Lipinski definition) is 3. The van der Waals surface area contributed by atoms with Gasteiger partial charge in [-0.25, -0.2) is 0 Å². The second-order valence-electron chi connectivity index (χ2n) is 4.40. The van der Waals surface area contributed by atoms with Crippen LogP contribution in [0.3, 0.4) is 0 Å². The second kappa shape index (κ2) is 5.85. The van der Waals surface area contributed by atoms with E-state index >= 15 is 0 Å². The third-order valence-electron chi connectivity index (χ3n) is 2.83. The summed E-state index contributed by atoms with van der Waals surface area (Å²) in [7, 11) is 1.74. The molecule has 21 heavy (non-hydrogen) atoms. The Morgan fingerprint density at radius 2 is 1.90 bits per heavy atom. The van der Waals surface area contributed by atoms with Crippen molar-refractivity contribution in [3.8, 4) is 5.75 Å². The summed E-state index contributed by atoms with van der Waals surface area (Å²) in [5, 5.41) is 7.77. The van der Waals surface area contributed by atoms with Gasteiger partial charge in [-0.15, -0.1) is 13.2 Å². The molecule has 114 valence electrons. The minimum Gasteiger partial charge on any atom is -0.406 e. The molecule has 0 bridgehead atoms. The van der Waals surface area contributed by atoms with E-state index in [1.54, 1.807) is 11.7 Å². The summed E-state index contributed by atoms with van der Waals surface area (Å²) in [4.78, 5) is 0. The van der Waals surface area contributed by atoms with E-state index in [1.165, 1.54) is 24.3 Å². The number of aryl methyl sites for hydroxylation is 2. The average molecular weight is 320 g/mol. The first-order valence-corrected chi connectivity index (χ1v) is 6.42. The van der Waals surface area contributed by atoms with E-state index < -0.39 is 6.36 Å². The number of ether oxygens (including phenoxy) is 1. The SMILES string of the molecule is Cc1nn(C)c(Cl)c1CNc1ccc(OC(F)(F)F)cc1. The van der Waals surface area contributed by atoms with Crippen LogP contribution in [0.25, 0.3) is 0 Å². The van der Waals surface area contributed by atoms with Gasteiger partial charge in [-0.1, -0.05) is 11.6 Å². The van der Waals surface area contributed by atoms with Crippen LogP contribution in [0.4, 0.5) is 18.9 Å². The van der Waals surface area contributed by atoms with Crippen molar-refractivity contribution >= 4 is 17.3 Å². The number of aromatic nitrogens is 2. The van der Waals surface area contributed by atoms with Gasteiger partial charge in [-0.3, -0.25) is 4.68 Å². The van der Waals surface area contributed by atoms with Gasteiger partial charge in [-0.05, 0) is 31.2 Å². The highest BCUT2D eigenvalue weighted by Gasteiger charge is 2.30. The normalized spacial score (nSPS) is 11.5. The molecule has 0 aliphatic carbocycles. The molecule has 1 N–H and O–H groups in total. The van der Waals surface area contributed by atoms with Gasteiger partial charge in [0.05, 0.1) is 5.69 Å². The number of hydrogen-bond donors (Lipinski definition) is 1. The zero-order chi connectivity index (χ0) is 15.6. The Kier molecular flexibility index (Phi) is 4.32. The molecule has 2 rings (SSSR count). The zero-order valence-electron chi connectivity index (χ0n) is 11.3. The van der Waals surface area contributed by atoms with Crippen LogP contribution in [0.15, 0.2) is 24.3 Å². The van der Waals surface area contributed by atoms with Gasteiger partial charge in [0, 0.05) is 24.8 Å². The number of halogens is 4. The number of benzene rings is 1. The molecular formula is C13H13ClF3N3O. The fourth-order valence-corrected chi connectivity index (χ4v) is 2.08. The van der Waals surface area contributed by atoms with E-state index in [4.69, 9.17) is 11.6 Å². The Bertz CT molecular complexity index is 623. The lowest BCUT2D eigenvalue weighted by Crippen LogP contribution is -2.17. The Morgan fingerprint density at radius 1 is 1.29 bits per heavy atom. The molecule has 0 unspecified atom stereocenters. The molecule has 0 aliphatic rings. The van der Waals surface area contributed by atoms with Crippen LogP contribution in [0.5, 0.6) is 5.75 Å². The summed E-state index contributed by atoms with van der Waals surface area (Å²) in [5.41, 5.74) is 2.30. The Morgan fingerprint density at radius 3 is 2.38 bits per heavy atom. The highest BCUT2D eigenvalue weighted by atomic mass is 35.5. The summed E-state index contributed by atoms with van der Waals surface area (Å²) in [6, 6.07) is 5.49. The molecule has 0 saturated carbocycles. The standard InChI is InChI=1S/C13H13ClF3N3O/c1-8-11(12(14)20(2)19-8)7-18-9-3-5-10(6-4-9)21-13(15,16)17/h3-6,18H,7H2,1-2H3. The van der Waals surface area contributed by atoms with E-state index in [0.717, 1.165) is 11.3 Å². The lowest BCUT2D eigenvalue weighted by Gasteiger charge is -2.10. The number of anilines is 1. The summed E-state index contributed by atoms with van der Waals surface area (Å²) in [5.74, 6) is -0.261. The predicted molar refractivity (Wildman–Crippen MR) is 73.4 cm³/mol. The third-order valence-corrected chi connectivity index (χ3v) is 3.30. The maximum absolute atomic E-state index is 12.0. The fraction of sp³-hybridized carbons (Fsp3) is 0.308. The predicted octanol–water partition coefficient (Wildman–Crippen LogP) is 3.89. The Balaban J connectivity index is 2.01. The van der Waals surface area contributed by atoms with Crippen molar-refractivity contribution in [1.29, 1.82) is 0 Å². The lowest BCUT2D eigenvalue weighted by molar-refractivity contribution is -0.274. The van der Waals surface area contributed by atoms with E-state index in [2.05, 4.69) is 15.2 Å². The molecule has 8 heteroatoms. The largest absolute Gasteiger partial charge is 0.573 e. The quantitative estimate of drug-likeness (QED) is 0.929. The number of nitrogens with zero attached hydrogens (tertiary/aromatic N) is 2. The molecule has 0 fully saturated rings. The average Bonchev–Trinajstić information content (AvgIpc) is 2.61. The molecule has 0 atom stereocenters. The molecule has 2 aromatic rings. The highest BCUT2D eigenvalue weighted by Crippen LogP contribution is 2.25. The first-order chi connectivity index (χ1) is 9.76. The van der Waals surface area contributed by atoms with Crippen molar-refractivity contribution in [3.05, 3.63) is 40.7 Å². The Hall–Kier alpha value is -1.89. The fourth-order valence-electron chi connectivity index (χ4n) is 1.84. The van der Waals surface area contributed by atoms with Crippen molar-refractivity contribution < 1.29 is 17.9 Å². The first-order valence-electron chi connectivity index (χ1n) is 6.04. The lowest BCUT2D eigenvalue weighted by atomic mass is 10.2. The van der Waals surface area contributed by atoms with Gasteiger partial charge >= 0.3 is 6.36 Å². The Labute approximate surface area is 124 Å². The number of nitrogens with one attached hydrogen (secondary N) is 1. The first kappa shape index (κ1) is 15.5. The van der Waals surface area contributed by atoms with Crippen molar-refractivity contribution in [3.63, 3.8) is 0 Å². The van der Waals surface area contributed by atoms with E-state index in [1.807, 2.05) is 6.92 Å². The molecule has 0 saturated heterocycles. The number of alkyl halides is 3. The van der Waals surface area contributed by atoms with Crippen molar-refractivity contribution in [1.82, 2.24) is 9.78 Å². The van der Waals surface area contributed by atoms with Gasteiger partial charge in [-0.2, -0.15) is 5.10 Å². The van der Waals surface area contributed by atoms with Crippen LogP contribution in [-0.2, 0) is 13.6 Å². The van der Waals surface area contributed by atoms with Gasteiger partial charge < -0.3 is 10.1 Å². The zero-order valence-corrected chi connectivity index (χ0v) is 12.1. The van der Waals surface area contributed by atoms with Gasteiger partial charge in [0.2, 0.25) is 0 Å². The van der Waals surface area contributed by atoms with Crippen LogP contribution in [0.1, 0.15) is 11.3 Å². The summed E-state index contributed by atoms with van der Waals surface area (Å²) >= 11 is 6.09. The van der Waals surface area contributed by atoms with Crippen molar-refractivity contribution in [2.24, 2.45) is 7.05 Å². The van der Waals surface area contributed by atoms with Gasteiger partial charge in [0.25, 0.3) is 0 Å². The molecule has 1 heterocycles. The minimum absolute atomic E-state index is 0.261. The molecule has 4 nitrogen and oxygen atoms in total. The van der Waals surface area contributed by atoms with E-state index in [-0.39, 0.29) is 5.75 Å². The smallest absolute Gasteiger partial charge is 0.406 e.